The summed E-state index contributed by atoms with van der Waals surface area (Å²) in [5.74, 6) is 1.58. The third-order valence-electron chi connectivity index (χ3n) is 8.29. The van der Waals surface area contributed by atoms with Gasteiger partial charge in [-0.1, -0.05) is 51.4 Å². The van der Waals surface area contributed by atoms with Gasteiger partial charge >= 0.3 is 0 Å². The first-order chi connectivity index (χ1) is 20.8. The van der Waals surface area contributed by atoms with Crippen molar-refractivity contribution in [2.24, 2.45) is 11.1 Å². The van der Waals surface area contributed by atoms with Gasteiger partial charge in [-0.05, 0) is 74.9 Å². The quantitative estimate of drug-likeness (QED) is 0.142. The Hall–Kier alpha value is -3.81. The molecule has 3 heterocycles. The smallest absolute Gasteiger partial charge is 0.227 e. The second-order valence-corrected chi connectivity index (χ2v) is 11.6. The van der Waals surface area contributed by atoms with E-state index in [2.05, 4.69) is 47.4 Å². The minimum atomic E-state index is -0.327. The Balaban J connectivity index is 0.000000996. The number of amides is 1. The average molecular weight is 588 g/mol. The van der Waals surface area contributed by atoms with Gasteiger partial charge in [-0.15, -0.1) is 0 Å². The van der Waals surface area contributed by atoms with Gasteiger partial charge in [0.2, 0.25) is 5.91 Å². The molecule has 1 amide bonds. The first-order valence-corrected chi connectivity index (χ1v) is 15.8. The van der Waals surface area contributed by atoms with Gasteiger partial charge < -0.3 is 14.6 Å². The third kappa shape index (κ3) is 7.78. The molecule has 2 aliphatic heterocycles. The minimum Gasteiger partial charge on any atom is -0.362 e. The fraction of sp³-hybridized carbons (Fsp3) is 0.486. The molecule has 0 spiro atoms. The monoisotopic (exact) mass is 587 g/mol. The molecule has 3 aromatic rings. The van der Waals surface area contributed by atoms with Crippen molar-refractivity contribution < 1.29 is 14.0 Å². The normalized spacial score (nSPS) is 16.0. The van der Waals surface area contributed by atoms with Crippen molar-refractivity contribution in [2.45, 2.75) is 86.0 Å². The van der Waals surface area contributed by atoms with Crippen LogP contribution in [-0.4, -0.2) is 41.2 Å². The van der Waals surface area contributed by atoms with Crippen LogP contribution in [0.3, 0.4) is 0 Å². The molecule has 7 nitrogen and oxygen atoms in total. The second kappa shape index (κ2) is 15.1. The number of anilines is 2. The van der Waals surface area contributed by atoms with Crippen molar-refractivity contribution in [3.8, 4) is 11.1 Å². The van der Waals surface area contributed by atoms with Crippen molar-refractivity contribution in [3.05, 3.63) is 60.4 Å². The second-order valence-electron chi connectivity index (χ2n) is 11.6. The molecule has 2 fully saturated rings. The van der Waals surface area contributed by atoms with Crippen LogP contribution in [0.2, 0.25) is 0 Å². The van der Waals surface area contributed by atoms with E-state index in [1.165, 1.54) is 25.0 Å². The molecular formula is C35H46FN5O2. The van der Waals surface area contributed by atoms with Crippen LogP contribution in [0, 0.1) is 18.7 Å². The summed E-state index contributed by atoms with van der Waals surface area (Å²) < 4.78 is 15.0. The predicted molar refractivity (Wildman–Crippen MR) is 175 cm³/mol. The van der Waals surface area contributed by atoms with Crippen LogP contribution in [0.4, 0.5) is 15.9 Å². The Morgan fingerprint density at radius 2 is 1.81 bits per heavy atom. The first kappa shape index (κ1) is 32.1. The number of nitrogens with zero attached hydrogens (tertiary/aromatic N) is 5. The molecule has 0 unspecified atom stereocenters. The maximum Gasteiger partial charge on any atom is 0.227 e. The minimum absolute atomic E-state index is 0.152. The number of aryl methyl sites for hydroxylation is 1. The number of carbonyl (C=O) groups is 1. The lowest BCUT2D eigenvalue weighted by atomic mass is 9.92. The van der Waals surface area contributed by atoms with E-state index in [9.17, 15) is 4.79 Å². The zero-order chi connectivity index (χ0) is 30.9. The molecule has 2 saturated heterocycles. The van der Waals surface area contributed by atoms with Crippen LogP contribution in [0.1, 0.15) is 84.6 Å². The summed E-state index contributed by atoms with van der Waals surface area (Å²) in [4.78, 5) is 31.0. The van der Waals surface area contributed by atoms with E-state index in [1.54, 1.807) is 6.33 Å². The standard InChI is InChI=1S/C31H36FN5O2.C4H10/c1-5-7-21(3)39-35-22(4)23-11-14-36(15-12-23)31-27-18-25(32)17-26(30(27)33-19-34-31)24-9-10-28(20(2)16-24)37-13-6-8-29(37)38;1-3-4-2/h9-10,16-19,23H,3,5-8,11-15H2,1-2,4H3;3-4H2,1-2H3/b35-22+;. The topological polar surface area (TPSA) is 70.9 Å². The number of hydrogen-bond acceptors (Lipinski definition) is 6. The molecule has 8 heteroatoms. The van der Waals surface area contributed by atoms with Gasteiger partial charge in [-0.3, -0.25) is 4.79 Å². The molecule has 0 radical (unpaired) electrons. The molecule has 1 aromatic heterocycles. The summed E-state index contributed by atoms with van der Waals surface area (Å²) in [5.41, 5.74) is 5.18. The largest absolute Gasteiger partial charge is 0.362 e. The molecule has 5 rings (SSSR count). The fourth-order valence-corrected chi connectivity index (χ4v) is 5.66. The van der Waals surface area contributed by atoms with E-state index >= 15 is 4.39 Å². The Bertz CT molecular complexity index is 1460. The number of aromatic nitrogens is 2. The van der Waals surface area contributed by atoms with Crippen LogP contribution < -0.4 is 9.80 Å². The van der Waals surface area contributed by atoms with E-state index in [4.69, 9.17) is 4.84 Å². The Morgan fingerprint density at radius 1 is 1.07 bits per heavy atom. The lowest BCUT2D eigenvalue weighted by Crippen LogP contribution is -2.36. The van der Waals surface area contributed by atoms with Crippen LogP contribution in [-0.2, 0) is 9.63 Å². The molecule has 0 atom stereocenters. The molecule has 0 N–H and O–H groups in total. The molecule has 230 valence electrons. The SMILES string of the molecule is C=C(CCC)O/N=C(\C)C1CCN(c2ncnc3c(-c4ccc(N5CCCC5=O)c(C)c4)cc(F)cc23)CC1.CCCC. The maximum atomic E-state index is 15.0. The molecule has 43 heavy (non-hydrogen) atoms. The molecule has 0 bridgehead atoms. The Labute approximate surface area is 255 Å². The van der Waals surface area contributed by atoms with Crippen LogP contribution in [0.15, 0.2) is 54.2 Å². The molecule has 2 aliphatic rings. The summed E-state index contributed by atoms with van der Waals surface area (Å²) in [6, 6.07) is 9.00. The van der Waals surface area contributed by atoms with Crippen LogP contribution in [0.5, 0.6) is 0 Å². The number of hydrogen-bond donors (Lipinski definition) is 0. The van der Waals surface area contributed by atoms with E-state index in [0.29, 0.717) is 29.0 Å². The molecule has 0 aliphatic carbocycles. The number of oxime groups is 1. The van der Waals surface area contributed by atoms with Crippen molar-refractivity contribution >= 4 is 34.0 Å². The fourth-order valence-electron chi connectivity index (χ4n) is 5.66. The highest BCUT2D eigenvalue weighted by Crippen LogP contribution is 2.36. The van der Waals surface area contributed by atoms with Gasteiger partial charge in [0.25, 0.3) is 0 Å². The summed E-state index contributed by atoms with van der Waals surface area (Å²) in [6.45, 7) is 16.7. The summed E-state index contributed by atoms with van der Waals surface area (Å²) in [5, 5.41) is 5.02. The number of piperidine rings is 1. The van der Waals surface area contributed by atoms with Gasteiger partial charge in [0, 0.05) is 55.0 Å². The average Bonchev–Trinajstić information content (AvgIpc) is 3.44. The summed E-state index contributed by atoms with van der Waals surface area (Å²) >= 11 is 0. The van der Waals surface area contributed by atoms with E-state index in [0.717, 1.165) is 85.6 Å². The lowest BCUT2D eigenvalue weighted by molar-refractivity contribution is -0.117. The summed E-state index contributed by atoms with van der Waals surface area (Å²) in [7, 11) is 0. The Morgan fingerprint density at radius 3 is 2.44 bits per heavy atom. The highest BCUT2D eigenvalue weighted by Gasteiger charge is 2.26. The summed E-state index contributed by atoms with van der Waals surface area (Å²) in [6.07, 6.45) is 9.25. The van der Waals surface area contributed by atoms with Crippen molar-refractivity contribution in [2.75, 3.05) is 29.4 Å². The number of fused-ring (bicyclic) bond motifs is 1. The van der Waals surface area contributed by atoms with Crippen LogP contribution >= 0.6 is 0 Å². The highest BCUT2D eigenvalue weighted by atomic mass is 19.1. The lowest BCUT2D eigenvalue weighted by Gasteiger charge is -2.33. The van der Waals surface area contributed by atoms with E-state index in [-0.39, 0.29) is 11.7 Å². The first-order valence-electron chi connectivity index (χ1n) is 15.8. The highest BCUT2D eigenvalue weighted by molar-refractivity contribution is 6.00. The van der Waals surface area contributed by atoms with Crippen LogP contribution in [0.25, 0.3) is 22.0 Å². The van der Waals surface area contributed by atoms with E-state index in [1.807, 2.05) is 36.9 Å². The maximum absolute atomic E-state index is 15.0. The number of rotatable bonds is 9. The zero-order valence-corrected chi connectivity index (χ0v) is 26.5. The number of benzene rings is 2. The van der Waals surface area contributed by atoms with Gasteiger partial charge in [0.05, 0.1) is 11.2 Å². The van der Waals surface area contributed by atoms with Crippen molar-refractivity contribution in [1.29, 1.82) is 0 Å². The predicted octanol–water partition coefficient (Wildman–Crippen LogP) is 8.60. The Kier molecular flexibility index (Phi) is 11.3. The molecule has 2 aromatic carbocycles. The molecular weight excluding hydrogens is 541 g/mol. The van der Waals surface area contributed by atoms with Gasteiger partial charge in [0.15, 0.2) is 0 Å². The number of allylic oxidation sites excluding steroid dienone is 1. The van der Waals surface area contributed by atoms with Crippen molar-refractivity contribution in [1.82, 2.24) is 9.97 Å². The third-order valence-corrected chi connectivity index (χ3v) is 8.29. The van der Waals surface area contributed by atoms with Gasteiger partial charge in [0.1, 0.15) is 23.7 Å². The number of unbranched alkanes of at least 4 members (excludes halogenated alkanes) is 1. The number of halogens is 1. The van der Waals surface area contributed by atoms with Gasteiger partial charge in [-0.2, -0.15) is 0 Å². The zero-order valence-electron chi connectivity index (χ0n) is 26.5. The van der Waals surface area contributed by atoms with E-state index < -0.39 is 0 Å². The van der Waals surface area contributed by atoms with Crippen molar-refractivity contribution in [3.63, 3.8) is 0 Å². The number of carbonyl (C=O) groups excluding carboxylic acids is 1. The molecule has 0 saturated carbocycles. The van der Waals surface area contributed by atoms with Gasteiger partial charge in [-0.25, -0.2) is 14.4 Å².